The smallest absolute Gasteiger partial charge is 0.119 e. The highest BCUT2D eigenvalue weighted by Crippen LogP contribution is 2.39. The maximum atomic E-state index is 12.4. The zero-order chi connectivity index (χ0) is 13.6. The first-order valence-corrected chi connectivity index (χ1v) is 8.20. The molecule has 0 aromatic heterocycles. The molecule has 1 aromatic rings. The molecule has 4 heteroatoms. The van der Waals surface area contributed by atoms with E-state index in [1.807, 2.05) is 6.07 Å². The Hall–Kier alpha value is -0.870. The van der Waals surface area contributed by atoms with Crippen LogP contribution in [0.25, 0.3) is 0 Å². The van der Waals surface area contributed by atoms with Crippen LogP contribution in [0.3, 0.4) is 0 Å². The molecule has 1 aromatic carbocycles. The summed E-state index contributed by atoms with van der Waals surface area (Å²) in [5.41, 5.74) is 2.57. The molecule has 2 aliphatic rings. The fraction of sp³-hybridized carbons (Fsp3) is 0.600. The van der Waals surface area contributed by atoms with Gasteiger partial charge < -0.3 is 10.1 Å². The van der Waals surface area contributed by atoms with Crippen LogP contribution in [0, 0.1) is 0 Å². The number of aryl methyl sites for hydroxylation is 1. The summed E-state index contributed by atoms with van der Waals surface area (Å²) in [5.74, 6) is 1.63. The Bertz CT molecular complexity index is 527. The van der Waals surface area contributed by atoms with Gasteiger partial charge in [0.2, 0.25) is 0 Å². The standard InChI is InChI=1S/C15H21NO2S/c1-15(2)9-19(17)13-7-5-10-4-6-11(18-3)8-12(10)14(13)16-15/h4,6,8,13-14,16H,5,7,9H2,1-3H3. The second-order valence-electron chi connectivity index (χ2n) is 6.17. The zero-order valence-electron chi connectivity index (χ0n) is 11.7. The van der Waals surface area contributed by atoms with E-state index in [-0.39, 0.29) is 16.8 Å². The molecule has 3 rings (SSSR count). The minimum Gasteiger partial charge on any atom is -0.497 e. The van der Waals surface area contributed by atoms with Gasteiger partial charge in [0.25, 0.3) is 0 Å². The number of benzene rings is 1. The van der Waals surface area contributed by atoms with Crippen molar-refractivity contribution in [3.63, 3.8) is 0 Å². The topological polar surface area (TPSA) is 38.3 Å². The van der Waals surface area contributed by atoms with Gasteiger partial charge in [-0.25, -0.2) is 0 Å². The highest BCUT2D eigenvalue weighted by Gasteiger charge is 2.42. The van der Waals surface area contributed by atoms with Gasteiger partial charge >= 0.3 is 0 Å². The Kier molecular flexibility index (Phi) is 3.18. The van der Waals surface area contributed by atoms with E-state index in [9.17, 15) is 4.21 Å². The maximum Gasteiger partial charge on any atom is 0.119 e. The average molecular weight is 279 g/mol. The summed E-state index contributed by atoms with van der Waals surface area (Å²) in [4.78, 5) is 0. The number of ether oxygens (including phenoxy) is 1. The lowest BCUT2D eigenvalue weighted by atomic mass is 9.85. The second kappa shape index (κ2) is 4.60. The van der Waals surface area contributed by atoms with E-state index in [1.165, 1.54) is 11.1 Å². The van der Waals surface area contributed by atoms with Gasteiger partial charge in [0.15, 0.2) is 0 Å². The first-order valence-electron chi connectivity index (χ1n) is 6.82. The van der Waals surface area contributed by atoms with E-state index in [4.69, 9.17) is 4.74 Å². The molecule has 0 amide bonds. The lowest BCUT2D eigenvalue weighted by molar-refractivity contribution is 0.322. The lowest BCUT2D eigenvalue weighted by Gasteiger charge is -2.44. The van der Waals surface area contributed by atoms with Gasteiger partial charge in [0.1, 0.15) is 5.75 Å². The number of hydrogen-bond donors (Lipinski definition) is 1. The van der Waals surface area contributed by atoms with Crippen LogP contribution >= 0.6 is 0 Å². The molecule has 1 heterocycles. The van der Waals surface area contributed by atoms with E-state index in [0.29, 0.717) is 0 Å². The number of fused-ring (bicyclic) bond motifs is 3. The van der Waals surface area contributed by atoms with Gasteiger partial charge in [-0.3, -0.25) is 4.21 Å². The van der Waals surface area contributed by atoms with Crippen LogP contribution in [0.2, 0.25) is 0 Å². The molecule has 104 valence electrons. The van der Waals surface area contributed by atoms with Crippen LogP contribution in [0.4, 0.5) is 0 Å². The summed E-state index contributed by atoms with van der Waals surface area (Å²) >= 11 is 0. The Morgan fingerprint density at radius 2 is 2.21 bits per heavy atom. The second-order valence-corrected chi connectivity index (χ2v) is 7.83. The number of hydrogen-bond acceptors (Lipinski definition) is 3. The molecule has 0 saturated carbocycles. The van der Waals surface area contributed by atoms with Crippen LogP contribution in [-0.2, 0) is 17.2 Å². The minimum atomic E-state index is -0.745. The fourth-order valence-electron chi connectivity index (χ4n) is 3.26. The summed E-state index contributed by atoms with van der Waals surface area (Å²) in [6.07, 6.45) is 2.04. The maximum absolute atomic E-state index is 12.4. The van der Waals surface area contributed by atoms with Gasteiger partial charge in [-0.2, -0.15) is 0 Å². The quantitative estimate of drug-likeness (QED) is 0.856. The van der Waals surface area contributed by atoms with Gasteiger partial charge in [0.05, 0.1) is 12.4 Å². The first-order chi connectivity index (χ1) is 9.00. The SMILES string of the molecule is COc1ccc2c(c1)C1NC(C)(C)CS(=O)C1CC2. The molecule has 0 radical (unpaired) electrons. The number of methoxy groups -OCH3 is 1. The van der Waals surface area contributed by atoms with Crippen molar-refractivity contribution in [2.24, 2.45) is 0 Å². The van der Waals surface area contributed by atoms with Crippen molar-refractivity contribution in [1.82, 2.24) is 5.32 Å². The molecule has 3 unspecified atom stereocenters. The summed E-state index contributed by atoms with van der Waals surface area (Å²) in [6.45, 7) is 4.27. The van der Waals surface area contributed by atoms with E-state index in [1.54, 1.807) is 7.11 Å². The molecular weight excluding hydrogens is 258 g/mol. The van der Waals surface area contributed by atoms with Crippen molar-refractivity contribution >= 4 is 10.8 Å². The van der Waals surface area contributed by atoms with Crippen LogP contribution < -0.4 is 10.1 Å². The molecule has 1 N–H and O–H groups in total. The third-order valence-electron chi connectivity index (χ3n) is 4.15. The van der Waals surface area contributed by atoms with Crippen molar-refractivity contribution in [2.75, 3.05) is 12.9 Å². The summed E-state index contributed by atoms with van der Waals surface area (Å²) in [6, 6.07) is 6.47. The zero-order valence-corrected chi connectivity index (χ0v) is 12.5. The van der Waals surface area contributed by atoms with Crippen molar-refractivity contribution in [3.05, 3.63) is 29.3 Å². The van der Waals surface area contributed by atoms with Crippen LogP contribution in [0.1, 0.15) is 37.4 Å². The number of nitrogens with one attached hydrogen (secondary N) is 1. The number of rotatable bonds is 1. The summed E-state index contributed by atoms with van der Waals surface area (Å²) in [7, 11) is 0.948. The third-order valence-corrected chi connectivity index (χ3v) is 6.33. The first kappa shape index (κ1) is 13.1. The fourth-order valence-corrected chi connectivity index (χ4v) is 5.17. The molecule has 3 atom stereocenters. The molecule has 1 aliphatic carbocycles. The highest BCUT2D eigenvalue weighted by molar-refractivity contribution is 7.85. The van der Waals surface area contributed by atoms with Gasteiger partial charge in [-0.05, 0) is 49.9 Å². The average Bonchev–Trinajstić information content (AvgIpc) is 2.36. The Morgan fingerprint density at radius 3 is 2.95 bits per heavy atom. The Labute approximate surface area is 117 Å². The lowest BCUT2D eigenvalue weighted by Crippen LogP contribution is -2.57. The molecule has 19 heavy (non-hydrogen) atoms. The molecule has 0 spiro atoms. The summed E-state index contributed by atoms with van der Waals surface area (Å²) in [5, 5.41) is 3.93. The van der Waals surface area contributed by atoms with Gasteiger partial charge in [0, 0.05) is 28.1 Å². The molecule has 1 fully saturated rings. The Balaban J connectivity index is 2.03. The molecule has 3 nitrogen and oxygen atoms in total. The van der Waals surface area contributed by atoms with Crippen LogP contribution in [0.5, 0.6) is 5.75 Å². The third kappa shape index (κ3) is 2.32. The predicted molar refractivity (Wildman–Crippen MR) is 78.1 cm³/mol. The van der Waals surface area contributed by atoms with E-state index < -0.39 is 10.8 Å². The molecular formula is C15H21NO2S. The normalized spacial score (nSPS) is 32.3. The summed E-state index contributed by atoms with van der Waals surface area (Å²) < 4.78 is 17.8. The van der Waals surface area contributed by atoms with E-state index in [2.05, 4.69) is 31.3 Å². The van der Waals surface area contributed by atoms with Gasteiger partial charge in [-0.15, -0.1) is 0 Å². The van der Waals surface area contributed by atoms with E-state index in [0.717, 1.165) is 24.3 Å². The monoisotopic (exact) mass is 279 g/mol. The van der Waals surface area contributed by atoms with Crippen LogP contribution in [0.15, 0.2) is 18.2 Å². The Morgan fingerprint density at radius 1 is 1.42 bits per heavy atom. The highest BCUT2D eigenvalue weighted by atomic mass is 32.2. The van der Waals surface area contributed by atoms with Crippen molar-refractivity contribution in [3.8, 4) is 5.75 Å². The van der Waals surface area contributed by atoms with Crippen molar-refractivity contribution < 1.29 is 8.95 Å². The molecule has 0 bridgehead atoms. The van der Waals surface area contributed by atoms with Gasteiger partial charge in [-0.1, -0.05) is 6.07 Å². The van der Waals surface area contributed by atoms with Crippen molar-refractivity contribution in [1.29, 1.82) is 0 Å². The predicted octanol–water partition coefficient (Wildman–Crippen LogP) is 2.18. The van der Waals surface area contributed by atoms with Crippen molar-refractivity contribution in [2.45, 2.75) is 43.5 Å². The largest absolute Gasteiger partial charge is 0.497 e. The minimum absolute atomic E-state index is 0.0658. The molecule has 1 saturated heterocycles. The molecule has 1 aliphatic heterocycles. The van der Waals surface area contributed by atoms with E-state index >= 15 is 0 Å². The van der Waals surface area contributed by atoms with Crippen LogP contribution in [-0.4, -0.2) is 27.9 Å².